The van der Waals surface area contributed by atoms with Crippen LogP contribution in [0.3, 0.4) is 0 Å². The third-order valence-electron chi connectivity index (χ3n) is 1.68. The lowest BCUT2D eigenvalue weighted by atomic mass is 10.3. The number of hydrogen-bond acceptors (Lipinski definition) is 2. The van der Waals surface area contributed by atoms with E-state index in [-0.39, 0.29) is 6.10 Å². The number of halogens is 2. The Balaban J connectivity index is 2.05. The summed E-state index contributed by atoms with van der Waals surface area (Å²) in [6.45, 7) is 1.44. The van der Waals surface area contributed by atoms with E-state index in [1.165, 1.54) is 0 Å². The van der Waals surface area contributed by atoms with E-state index in [4.69, 9.17) is 9.47 Å². The van der Waals surface area contributed by atoms with Gasteiger partial charge in [0.05, 0.1) is 11.1 Å². The lowest BCUT2D eigenvalue weighted by Crippen LogP contribution is -2.04. The van der Waals surface area contributed by atoms with Crippen molar-refractivity contribution in [2.45, 2.75) is 6.10 Å². The Morgan fingerprint density at radius 1 is 1.62 bits per heavy atom. The van der Waals surface area contributed by atoms with Gasteiger partial charge in [0.1, 0.15) is 18.5 Å². The molecule has 4 heteroatoms. The number of ether oxygens (including phenoxy) is 2. The van der Waals surface area contributed by atoms with Crippen LogP contribution in [0.15, 0.2) is 21.1 Å². The van der Waals surface area contributed by atoms with Crippen molar-refractivity contribution in [3.8, 4) is 5.75 Å². The minimum Gasteiger partial charge on any atom is -0.490 e. The van der Waals surface area contributed by atoms with Crippen LogP contribution in [-0.4, -0.2) is 19.3 Å². The van der Waals surface area contributed by atoms with Gasteiger partial charge in [0.15, 0.2) is 0 Å². The van der Waals surface area contributed by atoms with Gasteiger partial charge < -0.3 is 9.47 Å². The van der Waals surface area contributed by atoms with Crippen LogP contribution in [0.25, 0.3) is 0 Å². The lowest BCUT2D eigenvalue weighted by molar-refractivity contribution is 0.261. The molecule has 1 atom stereocenters. The molecular formula is C9H7Br2O2. The van der Waals surface area contributed by atoms with E-state index >= 15 is 0 Å². The first-order chi connectivity index (χ1) is 6.27. The van der Waals surface area contributed by atoms with Crippen molar-refractivity contribution in [3.05, 3.63) is 27.1 Å². The Labute approximate surface area is 93.5 Å². The van der Waals surface area contributed by atoms with Gasteiger partial charge in [0.2, 0.25) is 0 Å². The number of epoxide rings is 1. The highest BCUT2D eigenvalue weighted by Crippen LogP contribution is 2.32. The number of benzene rings is 1. The van der Waals surface area contributed by atoms with Crippen molar-refractivity contribution in [2.75, 3.05) is 13.2 Å². The largest absolute Gasteiger partial charge is 0.490 e. The molecule has 0 N–H and O–H groups in total. The van der Waals surface area contributed by atoms with E-state index in [1.54, 1.807) is 0 Å². The Morgan fingerprint density at radius 3 is 3.08 bits per heavy atom. The monoisotopic (exact) mass is 305 g/mol. The fraction of sp³-hybridized carbons (Fsp3) is 0.333. The third kappa shape index (κ3) is 2.45. The molecule has 1 radical (unpaired) electrons. The normalized spacial score (nSPS) is 20.0. The van der Waals surface area contributed by atoms with Gasteiger partial charge in [0.25, 0.3) is 0 Å². The molecule has 0 saturated carbocycles. The first-order valence-corrected chi connectivity index (χ1v) is 5.46. The van der Waals surface area contributed by atoms with Gasteiger partial charge in [-0.3, -0.25) is 0 Å². The quantitative estimate of drug-likeness (QED) is 0.801. The standard InChI is InChI=1S/C9H7Br2O2/c10-7-2-1-3-8(9(7)11)13-5-6-4-12-6/h1,3,6H,4-5H2. The highest BCUT2D eigenvalue weighted by Gasteiger charge is 2.23. The summed E-state index contributed by atoms with van der Waals surface area (Å²) in [6, 6.07) is 6.69. The van der Waals surface area contributed by atoms with Crippen molar-refractivity contribution in [2.24, 2.45) is 0 Å². The van der Waals surface area contributed by atoms with Crippen LogP contribution in [0.1, 0.15) is 0 Å². The van der Waals surface area contributed by atoms with Crippen LogP contribution in [0.2, 0.25) is 0 Å². The molecular weight excluding hydrogens is 300 g/mol. The van der Waals surface area contributed by atoms with E-state index in [1.807, 2.05) is 12.1 Å². The molecule has 0 amide bonds. The minimum atomic E-state index is 0.287. The van der Waals surface area contributed by atoms with Crippen molar-refractivity contribution < 1.29 is 9.47 Å². The lowest BCUT2D eigenvalue weighted by Gasteiger charge is -2.06. The van der Waals surface area contributed by atoms with Gasteiger partial charge in [-0.15, -0.1) is 0 Å². The Kier molecular flexibility index (Phi) is 2.91. The summed E-state index contributed by atoms with van der Waals surface area (Å²) in [5, 5.41) is 0. The average Bonchev–Trinajstić information content (AvgIpc) is 2.91. The highest BCUT2D eigenvalue weighted by atomic mass is 79.9. The molecule has 1 aliphatic rings. The maximum Gasteiger partial charge on any atom is 0.134 e. The Bertz CT molecular complexity index is 310. The molecule has 13 heavy (non-hydrogen) atoms. The molecule has 69 valence electrons. The molecule has 1 aliphatic heterocycles. The van der Waals surface area contributed by atoms with Crippen LogP contribution >= 0.6 is 31.9 Å². The predicted molar refractivity (Wildman–Crippen MR) is 55.9 cm³/mol. The van der Waals surface area contributed by atoms with E-state index in [0.717, 1.165) is 21.3 Å². The molecule has 0 aromatic heterocycles. The Morgan fingerprint density at radius 2 is 2.38 bits per heavy atom. The van der Waals surface area contributed by atoms with Crippen LogP contribution in [-0.2, 0) is 4.74 Å². The first-order valence-electron chi connectivity index (χ1n) is 3.87. The maximum atomic E-state index is 5.52. The maximum absolute atomic E-state index is 5.52. The summed E-state index contributed by atoms with van der Waals surface area (Å²) in [4.78, 5) is 0. The topological polar surface area (TPSA) is 21.8 Å². The van der Waals surface area contributed by atoms with E-state index in [0.29, 0.717) is 6.61 Å². The second-order valence-electron chi connectivity index (χ2n) is 2.74. The summed E-state index contributed by atoms with van der Waals surface area (Å²) in [7, 11) is 0. The molecule has 1 fully saturated rings. The molecule has 2 rings (SSSR count). The number of hydrogen-bond donors (Lipinski definition) is 0. The van der Waals surface area contributed by atoms with E-state index < -0.39 is 0 Å². The molecule has 1 saturated heterocycles. The van der Waals surface area contributed by atoms with Crippen molar-refractivity contribution in [1.82, 2.24) is 0 Å². The molecule has 2 nitrogen and oxygen atoms in total. The summed E-state index contributed by atoms with van der Waals surface area (Å²) >= 11 is 6.76. The molecule has 0 bridgehead atoms. The Hall–Kier alpha value is -0.0600. The smallest absolute Gasteiger partial charge is 0.134 e. The summed E-state index contributed by atoms with van der Waals surface area (Å²) in [6.07, 6.45) is 0.287. The minimum absolute atomic E-state index is 0.287. The average molecular weight is 307 g/mol. The second kappa shape index (κ2) is 3.98. The summed E-state index contributed by atoms with van der Waals surface area (Å²) < 4.78 is 12.3. The number of rotatable bonds is 3. The summed E-state index contributed by atoms with van der Waals surface area (Å²) in [5.41, 5.74) is 0. The fourth-order valence-electron chi connectivity index (χ4n) is 0.894. The van der Waals surface area contributed by atoms with Gasteiger partial charge >= 0.3 is 0 Å². The third-order valence-corrected chi connectivity index (χ3v) is 3.63. The van der Waals surface area contributed by atoms with Crippen LogP contribution < -0.4 is 4.74 Å². The molecule has 1 aromatic carbocycles. The van der Waals surface area contributed by atoms with Gasteiger partial charge in [-0.1, -0.05) is 0 Å². The molecule has 0 spiro atoms. The first kappa shape index (κ1) is 9.49. The van der Waals surface area contributed by atoms with Crippen molar-refractivity contribution in [1.29, 1.82) is 0 Å². The van der Waals surface area contributed by atoms with Crippen molar-refractivity contribution in [3.63, 3.8) is 0 Å². The zero-order chi connectivity index (χ0) is 9.26. The molecule has 1 heterocycles. The zero-order valence-electron chi connectivity index (χ0n) is 6.72. The van der Waals surface area contributed by atoms with Gasteiger partial charge in [-0.05, 0) is 50.1 Å². The van der Waals surface area contributed by atoms with Gasteiger partial charge in [-0.2, -0.15) is 0 Å². The molecule has 1 unspecified atom stereocenters. The predicted octanol–water partition coefficient (Wildman–Crippen LogP) is 2.79. The summed E-state index contributed by atoms with van der Waals surface area (Å²) in [5.74, 6) is 0.820. The van der Waals surface area contributed by atoms with Gasteiger partial charge in [0, 0.05) is 4.47 Å². The van der Waals surface area contributed by atoms with Gasteiger partial charge in [-0.25, -0.2) is 0 Å². The SMILES string of the molecule is Brc1[c]ccc(OCC2CO2)c1Br. The van der Waals surface area contributed by atoms with Crippen LogP contribution in [0.5, 0.6) is 5.75 Å². The van der Waals surface area contributed by atoms with E-state index in [9.17, 15) is 0 Å². The fourth-order valence-corrected chi connectivity index (χ4v) is 1.58. The van der Waals surface area contributed by atoms with Crippen molar-refractivity contribution >= 4 is 31.9 Å². The second-order valence-corrected chi connectivity index (χ2v) is 4.32. The zero-order valence-corrected chi connectivity index (χ0v) is 9.89. The van der Waals surface area contributed by atoms with Crippen LogP contribution in [0.4, 0.5) is 0 Å². The highest BCUT2D eigenvalue weighted by molar-refractivity contribution is 9.13. The van der Waals surface area contributed by atoms with E-state index in [2.05, 4.69) is 37.9 Å². The molecule has 1 aromatic rings. The molecule has 0 aliphatic carbocycles. The van der Waals surface area contributed by atoms with Crippen LogP contribution in [0, 0.1) is 6.07 Å².